The van der Waals surface area contributed by atoms with Crippen molar-refractivity contribution >= 4 is 57.6 Å². The second kappa shape index (κ2) is 11.2. The number of carbonyl (C=O) groups is 1. The molecule has 0 saturated heterocycles. The van der Waals surface area contributed by atoms with Gasteiger partial charge in [-0.15, -0.1) is 0 Å². The number of nitrogens with zero attached hydrogens (tertiary/aromatic N) is 2. The number of rotatable bonds is 7. The topological polar surface area (TPSA) is 90.1 Å². The number of phenols is 1. The van der Waals surface area contributed by atoms with Gasteiger partial charge in [0, 0.05) is 16.1 Å². The number of fused-ring (bicyclic) bond motifs is 1. The molecule has 1 N–H and O–H groups in total. The van der Waals surface area contributed by atoms with Crippen molar-refractivity contribution in [2.45, 2.75) is 32.7 Å². The smallest absolute Gasteiger partial charge is 0.338 e. The summed E-state index contributed by atoms with van der Waals surface area (Å²) in [6.45, 7) is 3.93. The highest BCUT2D eigenvalue weighted by Crippen LogP contribution is 2.37. The maximum Gasteiger partial charge on any atom is 0.338 e. The van der Waals surface area contributed by atoms with Crippen LogP contribution in [0.4, 0.5) is 0 Å². The van der Waals surface area contributed by atoms with Crippen molar-refractivity contribution in [3.63, 3.8) is 0 Å². The van der Waals surface area contributed by atoms with E-state index >= 15 is 0 Å². The van der Waals surface area contributed by atoms with Crippen LogP contribution in [0.15, 0.2) is 57.5 Å². The number of carbonyl (C=O) groups excluding carboxylic acids is 1. The number of thiazole rings is 1. The molecule has 0 amide bonds. The fraction of sp³-hybridized carbons (Fsp3) is 0.269. The number of esters is 1. The first-order chi connectivity index (χ1) is 17.3. The Kier molecular flexibility index (Phi) is 8.21. The molecule has 1 atom stereocenters. The third kappa shape index (κ3) is 4.96. The van der Waals surface area contributed by atoms with Crippen molar-refractivity contribution in [2.75, 3.05) is 13.7 Å². The van der Waals surface area contributed by atoms with Crippen LogP contribution in [0.1, 0.15) is 43.9 Å². The number of phenolic OH excluding ortho intramolecular Hbond substituents is 1. The van der Waals surface area contributed by atoms with Gasteiger partial charge in [-0.05, 0) is 60.2 Å². The SMILES string of the molecule is CCCC1=C(C(=O)OCC)[C@H](c2ccccc2OC)n2c(s/c(=C\c3cc(Cl)cc(I)c3O)c2=O)=N1. The lowest BCUT2D eigenvalue weighted by Crippen LogP contribution is -2.40. The van der Waals surface area contributed by atoms with Crippen LogP contribution in [0.25, 0.3) is 6.08 Å². The van der Waals surface area contributed by atoms with Crippen LogP contribution in [-0.4, -0.2) is 29.4 Å². The van der Waals surface area contributed by atoms with Crippen molar-refractivity contribution in [3.8, 4) is 11.5 Å². The molecule has 0 bridgehead atoms. The Morgan fingerprint density at radius 3 is 2.75 bits per heavy atom. The van der Waals surface area contributed by atoms with E-state index in [-0.39, 0.29) is 17.9 Å². The number of halogens is 2. The Labute approximate surface area is 230 Å². The third-order valence-corrected chi connectivity index (χ3v) is 7.69. The van der Waals surface area contributed by atoms with E-state index < -0.39 is 12.0 Å². The molecule has 2 heterocycles. The highest BCUT2D eigenvalue weighted by molar-refractivity contribution is 14.1. The van der Waals surface area contributed by atoms with Crippen LogP contribution in [0, 0.1) is 3.57 Å². The standard InChI is InChI=1S/C26H24ClIN2O5S/c1-4-8-18-21(25(33)35-5-2)22(16-9-6-7-10-19(16)34-3)30-24(32)20(36-26(30)29-18)12-14-11-15(27)13-17(28)23(14)31/h6-7,9-13,22,31H,4-5,8H2,1-3H3/b20-12-/t22-/m0/s1. The average Bonchev–Trinajstić information content (AvgIpc) is 3.16. The number of allylic oxidation sites excluding steroid dienone is 1. The molecule has 36 heavy (non-hydrogen) atoms. The van der Waals surface area contributed by atoms with Gasteiger partial charge in [0.05, 0.1) is 33.1 Å². The van der Waals surface area contributed by atoms with Crippen LogP contribution in [0.2, 0.25) is 5.02 Å². The first-order valence-electron chi connectivity index (χ1n) is 11.3. The lowest BCUT2D eigenvalue weighted by molar-refractivity contribution is -0.139. The average molecular weight is 639 g/mol. The molecule has 1 aromatic heterocycles. The molecule has 1 aliphatic heterocycles. The molecular formula is C26H24ClIN2O5S. The molecule has 0 spiro atoms. The second-order valence-electron chi connectivity index (χ2n) is 7.98. The van der Waals surface area contributed by atoms with Gasteiger partial charge in [0.15, 0.2) is 4.80 Å². The van der Waals surface area contributed by atoms with E-state index in [1.54, 1.807) is 38.3 Å². The lowest BCUT2D eigenvalue weighted by atomic mass is 9.93. The van der Waals surface area contributed by atoms with Gasteiger partial charge in [-0.1, -0.05) is 54.5 Å². The van der Waals surface area contributed by atoms with E-state index in [0.29, 0.717) is 52.5 Å². The molecule has 0 fully saturated rings. The summed E-state index contributed by atoms with van der Waals surface area (Å²) in [7, 11) is 1.55. The number of aromatic nitrogens is 1. The van der Waals surface area contributed by atoms with Gasteiger partial charge in [0.1, 0.15) is 17.5 Å². The van der Waals surface area contributed by atoms with Crippen molar-refractivity contribution in [2.24, 2.45) is 4.99 Å². The van der Waals surface area contributed by atoms with E-state index in [4.69, 9.17) is 26.1 Å². The zero-order valence-electron chi connectivity index (χ0n) is 19.9. The van der Waals surface area contributed by atoms with Crippen LogP contribution >= 0.6 is 45.5 Å². The third-order valence-electron chi connectivity index (χ3n) is 5.67. The van der Waals surface area contributed by atoms with Gasteiger partial charge in [0.2, 0.25) is 0 Å². The van der Waals surface area contributed by atoms with Crippen LogP contribution < -0.4 is 19.6 Å². The predicted molar refractivity (Wildman–Crippen MR) is 148 cm³/mol. The maximum absolute atomic E-state index is 13.8. The number of hydrogen-bond donors (Lipinski definition) is 1. The molecule has 188 valence electrons. The van der Waals surface area contributed by atoms with E-state index in [0.717, 1.165) is 6.42 Å². The number of hydrogen-bond acceptors (Lipinski definition) is 7. The molecule has 3 aromatic rings. The zero-order valence-corrected chi connectivity index (χ0v) is 23.6. The summed E-state index contributed by atoms with van der Waals surface area (Å²) in [6, 6.07) is 9.74. The number of methoxy groups -OCH3 is 1. The summed E-state index contributed by atoms with van der Waals surface area (Å²) in [6.07, 6.45) is 2.89. The molecule has 4 rings (SSSR count). The van der Waals surface area contributed by atoms with Gasteiger partial charge in [0.25, 0.3) is 5.56 Å². The number of para-hydroxylation sites is 1. The molecular weight excluding hydrogens is 615 g/mol. The molecule has 0 aliphatic carbocycles. The summed E-state index contributed by atoms with van der Waals surface area (Å²) < 4.78 is 13.5. The van der Waals surface area contributed by atoms with Gasteiger partial charge < -0.3 is 14.6 Å². The molecule has 1 aliphatic rings. The van der Waals surface area contributed by atoms with E-state index in [2.05, 4.69) is 0 Å². The summed E-state index contributed by atoms with van der Waals surface area (Å²) >= 11 is 9.37. The van der Waals surface area contributed by atoms with E-state index in [1.807, 2.05) is 47.7 Å². The molecule has 0 radical (unpaired) electrons. The largest absolute Gasteiger partial charge is 0.506 e. The van der Waals surface area contributed by atoms with Gasteiger partial charge in [-0.25, -0.2) is 9.79 Å². The minimum atomic E-state index is -0.784. The first-order valence-corrected chi connectivity index (χ1v) is 13.6. The normalized spacial score (nSPS) is 15.5. The zero-order chi connectivity index (χ0) is 26.0. The summed E-state index contributed by atoms with van der Waals surface area (Å²) in [4.78, 5) is 32.3. The summed E-state index contributed by atoms with van der Waals surface area (Å²) in [5.74, 6) is 0.0570. The van der Waals surface area contributed by atoms with Crippen molar-refractivity contribution in [3.05, 3.63) is 87.1 Å². The highest BCUT2D eigenvalue weighted by atomic mass is 127. The number of aromatic hydroxyl groups is 1. The second-order valence-corrected chi connectivity index (χ2v) is 10.6. The van der Waals surface area contributed by atoms with Gasteiger partial charge >= 0.3 is 5.97 Å². The number of ether oxygens (including phenoxy) is 2. The summed E-state index contributed by atoms with van der Waals surface area (Å²) in [5.41, 5.74) is 1.63. The fourth-order valence-electron chi connectivity index (χ4n) is 4.14. The van der Waals surface area contributed by atoms with Gasteiger partial charge in [-0.2, -0.15) is 0 Å². The van der Waals surface area contributed by atoms with E-state index in [1.165, 1.54) is 15.9 Å². The Bertz CT molecular complexity index is 1540. The monoisotopic (exact) mass is 638 g/mol. The van der Waals surface area contributed by atoms with Crippen molar-refractivity contribution in [1.29, 1.82) is 0 Å². The molecule has 0 unspecified atom stereocenters. The van der Waals surface area contributed by atoms with Crippen LogP contribution in [-0.2, 0) is 9.53 Å². The Hall–Kier alpha value is -2.63. The molecule has 2 aromatic carbocycles. The minimum absolute atomic E-state index is 0.0333. The quantitative estimate of drug-likeness (QED) is 0.303. The summed E-state index contributed by atoms with van der Waals surface area (Å²) in [5, 5.41) is 11.0. The lowest BCUT2D eigenvalue weighted by Gasteiger charge is -2.26. The van der Waals surface area contributed by atoms with Crippen LogP contribution in [0.3, 0.4) is 0 Å². The van der Waals surface area contributed by atoms with Crippen LogP contribution in [0.5, 0.6) is 11.5 Å². The molecule has 10 heteroatoms. The van der Waals surface area contributed by atoms with Crippen molar-refractivity contribution in [1.82, 2.24) is 4.57 Å². The fourth-order valence-corrected chi connectivity index (χ4v) is 6.21. The Morgan fingerprint density at radius 2 is 2.06 bits per heavy atom. The predicted octanol–water partition coefficient (Wildman–Crippen LogP) is 4.55. The first kappa shape index (κ1) is 26.4. The van der Waals surface area contributed by atoms with Crippen molar-refractivity contribution < 1.29 is 19.4 Å². The van der Waals surface area contributed by atoms with E-state index in [9.17, 15) is 14.7 Å². The minimum Gasteiger partial charge on any atom is -0.506 e. The maximum atomic E-state index is 13.8. The van der Waals surface area contributed by atoms with Gasteiger partial charge in [-0.3, -0.25) is 9.36 Å². The molecule has 7 nitrogen and oxygen atoms in total. The highest BCUT2D eigenvalue weighted by Gasteiger charge is 2.35. The molecule has 0 saturated carbocycles. The Morgan fingerprint density at radius 1 is 1.31 bits per heavy atom. The number of benzene rings is 2. The Balaban J connectivity index is 2.05.